The van der Waals surface area contributed by atoms with Gasteiger partial charge in [0.15, 0.2) is 11.6 Å². The van der Waals surface area contributed by atoms with E-state index in [1.54, 1.807) is 36.4 Å². The number of aromatic nitrogens is 2. The Labute approximate surface area is 125 Å². The molecule has 109 valence electrons. The standard InChI is InChI=1S/C16H12N3O3/c20-11-5-3-4-10(8-11)9-17-16(22)14-18-13-7-2-1-6-12(13)15(21)19-14/h1-8H,9H2,(H,17,22)(H,18,19,21). The predicted molar refractivity (Wildman–Crippen MR) is 80.1 cm³/mol. The van der Waals surface area contributed by atoms with Gasteiger partial charge >= 0.3 is 0 Å². The number of hydrogen-bond donors (Lipinski definition) is 2. The minimum Gasteiger partial charge on any atom is -0.345 e. The lowest BCUT2D eigenvalue weighted by molar-refractivity contribution is 0.0940. The predicted octanol–water partition coefficient (Wildman–Crippen LogP) is 2.00. The maximum Gasteiger partial charge on any atom is 0.287 e. The lowest BCUT2D eigenvalue weighted by atomic mass is 10.2. The Kier molecular flexibility index (Phi) is 3.57. The van der Waals surface area contributed by atoms with Crippen molar-refractivity contribution in [2.45, 2.75) is 6.54 Å². The van der Waals surface area contributed by atoms with Gasteiger partial charge < -0.3 is 10.3 Å². The zero-order chi connectivity index (χ0) is 15.5. The first-order valence-electron chi connectivity index (χ1n) is 6.67. The molecule has 3 rings (SSSR count). The summed E-state index contributed by atoms with van der Waals surface area (Å²) >= 11 is 0. The summed E-state index contributed by atoms with van der Waals surface area (Å²) in [4.78, 5) is 30.6. The van der Waals surface area contributed by atoms with Gasteiger partial charge in [0.2, 0.25) is 0 Å². The molecule has 0 aliphatic carbocycles. The van der Waals surface area contributed by atoms with Crippen LogP contribution in [0.2, 0.25) is 0 Å². The lowest BCUT2D eigenvalue weighted by Crippen LogP contribution is -2.27. The number of aromatic amines is 1. The third kappa shape index (κ3) is 2.80. The summed E-state index contributed by atoms with van der Waals surface area (Å²) in [5, 5.41) is 14.3. The molecular formula is C16H12N3O3. The fraction of sp³-hybridized carbons (Fsp3) is 0.0625. The molecule has 0 aliphatic rings. The number of carbonyl (C=O) groups excluding carboxylic acids is 1. The topological polar surface area (TPSA) is 94.8 Å². The van der Waals surface area contributed by atoms with E-state index < -0.39 is 5.91 Å². The molecule has 0 aliphatic heterocycles. The van der Waals surface area contributed by atoms with Crippen LogP contribution in [0.4, 0.5) is 0 Å². The Hall–Kier alpha value is -3.15. The Morgan fingerprint density at radius 2 is 1.95 bits per heavy atom. The van der Waals surface area contributed by atoms with Crippen LogP contribution in [0, 0.1) is 0 Å². The largest absolute Gasteiger partial charge is 0.345 e. The van der Waals surface area contributed by atoms with Crippen LogP contribution in [-0.4, -0.2) is 15.9 Å². The molecule has 22 heavy (non-hydrogen) atoms. The number of rotatable bonds is 3. The number of fused-ring (bicyclic) bond motifs is 1. The second-order valence-electron chi connectivity index (χ2n) is 4.76. The van der Waals surface area contributed by atoms with Crippen LogP contribution < -0.4 is 10.9 Å². The van der Waals surface area contributed by atoms with Crippen molar-refractivity contribution < 1.29 is 9.90 Å². The number of nitrogens with one attached hydrogen (secondary N) is 2. The number of para-hydroxylation sites is 1. The minimum absolute atomic E-state index is 0.0537. The van der Waals surface area contributed by atoms with Crippen LogP contribution in [0.3, 0.4) is 0 Å². The van der Waals surface area contributed by atoms with Crippen LogP contribution in [-0.2, 0) is 11.7 Å². The second-order valence-corrected chi connectivity index (χ2v) is 4.76. The molecule has 0 fully saturated rings. The molecule has 0 saturated heterocycles. The normalized spacial score (nSPS) is 10.5. The van der Waals surface area contributed by atoms with Gasteiger partial charge in [-0.3, -0.25) is 14.7 Å². The lowest BCUT2D eigenvalue weighted by Gasteiger charge is -2.05. The molecular weight excluding hydrogens is 282 g/mol. The van der Waals surface area contributed by atoms with E-state index in [0.29, 0.717) is 16.5 Å². The van der Waals surface area contributed by atoms with Gasteiger partial charge in [0.05, 0.1) is 10.9 Å². The van der Waals surface area contributed by atoms with E-state index in [-0.39, 0.29) is 23.7 Å². The van der Waals surface area contributed by atoms with Gasteiger partial charge in [-0.1, -0.05) is 24.3 Å². The van der Waals surface area contributed by atoms with E-state index in [1.807, 2.05) is 0 Å². The molecule has 6 heteroatoms. The summed E-state index contributed by atoms with van der Waals surface area (Å²) in [5.74, 6) is -0.676. The highest BCUT2D eigenvalue weighted by Crippen LogP contribution is 2.11. The molecule has 3 aromatic rings. The summed E-state index contributed by atoms with van der Waals surface area (Å²) in [5.41, 5.74) is 0.777. The first-order chi connectivity index (χ1) is 10.6. The fourth-order valence-corrected chi connectivity index (χ4v) is 2.12. The van der Waals surface area contributed by atoms with Crippen LogP contribution >= 0.6 is 0 Å². The zero-order valence-corrected chi connectivity index (χ0v) is 11.5. The number of nitrogens with zero attached hydrogens (tertiary/aromatic N) is 1. The minimum atomic E-state index is -0.501. The average molecular weight is 294 g/mol. The SMILES string of the molecule is [O]c1cccc(CNC(=O)c2nc3ccccc3c(=O)[nH]2)c1. The number of carbonyl (C=O) groups is 1. The number of amides is 1. The Bertz CT molecular complexity index is 902. The molecule has 1 aromatic heterocycles. The van der Waals surface area contributed by atoms with Gasteiger partial charge in [-0.2, -0.15) is 0 Å². The van der Waals surface area contributed by atoms with Crippen LogP contribution in [0.15, 0.2) is 53.3 Å². The van der Waals surface area contributed by atoms with Gasteiger partial charge in [0.1, 0.15) is 0 Å². The van der Waals surface area contributed by atoms with E-state index in [4.69, 9.17) is 0 Å². The summed E-state index contributed by atoms with van der Waals surface area (Å²) in [6.45, 7) is 0.186. The fourth-order valence-electron chi connectivity index (χ4n) is 2.12. The highest BCUT2D eigenvalue weighted by atomic mass is 16.3. The Balaban J connectivity index is 1.82. The van der Waals surface area contributed by atoms with Crippen molar-refractivity contribution in [2.24, 2.45) is 0 Å². The molecule has 6 nitrogen and oxygen atoms in total. The van der Waals surface area contributed by atoms with Crippen molar-refractivity contribution in [1.82, 2.24) is 15.3 Å². The highest BCUT2D eigenvalue weighted by Gasteiger charge is 2.11. The van der Waals surface area contributed by atoms with E-state index in [2.05, 4.69) is 15.3 Å². The number of H-pyrrole nitrogens is 1. The maximum absolute atomic E-state index is 12.1. The van der Waals surface area contributed by atoms with Crippen molar-refractivity contribution in [3.63, 3.8) is 0 Å². The van der Waals surface area contributed by atoms with Crippen molar-refractivity contribution in [3.8, 4) is 5.75 Å². The Morgan fingerprint density at radius 3 is 2.77 bits per heavy atom. The third-order valence-electron chi connectivity index (χ3n) is 3.18. The van der Waals surface area contributed by atoms with Crippen LogP contribution in [0.1, 0.15) is 16.2 Å². The smallest absolute Gasteiger partial charge is 0.287 e. The molecule has 0 unspecified atom stereocenters. The van der Waals surface area contributed by atoms with Crippen LogP contribution in [0.25, 0.3) is 10.9 Å². The molecule has 1 radical (unpaired) electrons. The van der Waals surface area contributed by atoms with Crippen molar-refractivity contribution in [2.75, 3.05) is 0 Å². The quantitative estimate of drug-likeness (QED) is 0.773. The maximum atomic E-state index is 12.1. The molecule has 1 heterocycles. The molecule has 2 aromatic carbocycles. The first-order valence-corrected chi connectivity index (χ1v) is 6.67. The number of hydrogen-bond acceptors (Lipinski definition) is 3. The summed E-state index contributed by atoms with van der Waals surface area (Å²) in [6.07, 6.45) is 0. The summed E-state index contributed by atoms with van der Waals surface area (Å²) < 4.78 is 0. The van der Waals surface area contributed by atoms with E-state index in [1.165, 1.54) is 12.1 Å². The summed E-state index contributed by atoms with van der Waals surface area (Å²) in [6, 6.07) is 13.0. The zero-order valence-electron chi connectivity index (χ0n) is 11.5. The van der Waals surface area contributed by atoms with Gasteiger partial charge in [-0.05, 0) is 29.8 Å². The molecule has 1 amide bonds. The molecule has 0 atom stereocenters. The van der Waals surface area contributed by atoms with E-state index >= 15 is 0 Å². The van der Waals surface area contributed by atoms with Gasteiger partial charge in [0, 0.05) is 6.54 Å². The monoisotopic (exact) mass is 294 g/mol. The van der Waals surface area contributed by atoms with Crippen molar-refractivity contribution >= 4 is 16.8 Å². The van der Waals surface area contributed by atoms with E-state index in [0.717, 1.165) is 0 Å². The van der Waals surface area contributed by atoms with Gasteiger partial charge in [0.25, 0.3) is 11.5 Å². The Morgan fingerprint density at radius 1 is 1.14 bits per heavy atom. The van der Waals surface area contributed by atoms with Crippen molar-refractivity contribution in [1.29, 1.82) is 0 Å². The summed E-state index contributed by atoms with van der Waals surface area (Å²) in [7, 11) is 0. The molecule has 0 saturated carbocycles. The second kappa shape index (κ2) is 5.69. The third-order valence-corrected chi connectivity index (χ3v) is 3.18. The van der Waals surface area contributed by atoms with Crippen molar-refractivity contribution in [3.05, 3.63) is 70.3 Å². The average Bonchev–Trinajstić information content (AvgIpc) is 2.52. The first kappa shape index (κ1) is 13.8. The molecule has 0 bridgehead atoms. The van der Waals surface area contributed by atoms with Gasteiger partial charge in [-0.15, -0.1) is 0 Å². The highest BCUT2D eigenvalue weighted by molar-refractivity contribution is 5.92. The number of benzene rings is 2. The molecule has 0 spiro atoms. The molecule has 2 N–H and O–H groups in total. The van der Waals surface area contributed by atoms with Gasteiger partial charge in [-0.25, -0.2) is 4.98 Å². The van der Waals surface area contributed by atoms with Crippen LogP contribution in [0.5, 0.6) is 5.75 Å². The van der Waals surface area contributed by atoms with E-state index in [9.17, 15) is 14.7 Å².